The fourth-order valence-electron chi connectivity index (χ4n) is 1.41. The number of aromatic nitrogens is 1. The summed E-state index contributed by atoms with van der Waals surface area (Å²) in [4.78, 5) is 24.4. The molecule has 6 heteroatoms. The maximum absolute atomic E-state index is 11.5. The average Bonchev–Trinajstić information content (AvgIpc) is 2.27. The zero-order chi connectivity index (χ0) is 11.7. The Labute approximate surface area is 89.4 Å². The highest BCUT2D eigenvalue weighted by molar-refractivity contribution is 5.79. The van der Waals surface area contributed by atoms with Crippen molar-refractivity contribution in [3.63, 3.8) is 0 Å². The second-order valence-corrected chi connectivity index (χ2v) is 3.05. The van der Waals surface area contributed by atoms with Crippen LogP contribution in [0.1, 0.15) is 0 Å². The maximum atomic E-state index is 11.5. The molecule has 0 bridgehead atoms. The van der Waals surface area contributed by atoms with Crippen molar-refractivity contribution in [1.82, 2.24) is 4.98 Å². The highest BCUT2D eigenvalue weighted by atomic mass is 16.5. The predicted octanol–water partition coefficient (Wildman–Crippen LogP) is 0.498. The highest BCUT2D eigenvalue weighted by Crippen LogP contribution is 2.29. The van der Waals surface area contributed by atoms with E-state index in [0.29, 0.717) is 11.5 Å². The van der Waals surface area contributed by atoms with E-state index in [2.05, 4.69) is 0 Å². The number of rotatable bonds is 2. The topological polar surface area (TPSA) is 81.5 Å². The van der Waals surface area contributed by atoms with Crippen LogP contribution >= 0.6 is 0 Å². The van der Waals surface area contributed by atoms with Gasteiger partial charge in [-0.1, -0.05) is 0 Å². The third-order valence-electron chi connectivity index (χ3n) is 2.15. The number of fused-ring (bicyclic) bond motifs is 1. The van der Waals surface area contributed by atoms with Gasteiger partial charge in [-0.25, -0.2) is 4.79 Å². The quantitative estimate of drug-likeness (QED) is 0.801. The van der Waals surface area contributed by atoms with Crippen LogP contribution in [0.4, 0.5) is 0 Å². The maximum Gasteiger partial charge on any atom is 0.419 e. The number of hydrogen-bond acceptors (Lipinski definition) is 5. The van der Waals surface area contributed by atoms with Crippen molar-refractivity contribution in [2.75, 3.05) is 14.2 Å². The molecule has 6 nitrogen and oxygen atoms in total. The Morgan fingerprint density at radius 3 is 2.38 bits per heavy atom. The van der Waals surface area contributed by atoms with Gasteiger partial charge in [0.2, 0.25) is 0 Å². The number of ether oxygens (including phenoxy) is 2. The number of benzene rings is 1. The molecule has 0 fully saturated rings. The van der Waals surface area contributed by atoms with E-state index in [4.69, 9.17) is 13.9 Å². The van der Waals surface area contributed by atoms with Crippen molar-refractivity contribution >= 4 is 11.0 Å². The van der Waals surface area contributed by atoms with Gasteiger partial charge in [0.15, 0.2) is 11.5 Å². The monoisotopic (exact) mass is 223 g/mol. The van der Waals surface area contributed by atoms with Crippen molar-refractivity contribution in [2.45, 2.75) is 0 Å². The molecule has 0 aliphatic rings. The Bertz CT molecular complexity index is 640. The predicted molar refractivity (Wildman–Crippen MR) is 56.2 cm³/mol. The van der Waals surface area contributed by atoms with Crippen molar-refractivity contribution in [1.29, 1.82) is 0 Å². The van der Waals surface area contributed by atoms with E-state index in [0.717, 1.165) is 0 Å². The van der Waals surface area contributed by atoms with Gasteiger partial charge < -0.3 is 13.9 Å². The number of nitrogens with one attached hydrogen (secondary N) is 1. The van der Waals surface area contributed by atoms with Crippen LogP contribution < -0.4 is 20.8 Å². The van der Waals surface area contributed by atoms with Crippen LogP contribution in [0.2, 0.25) is 0 Å². The lowest BCUT2D eigenvalue weighted by atomic mass is 10.2. The van der Waals surface area contributed by atoms with Gasteiger partial charge in [-0.2, -0.15) is 0 Å². The van der Waals surface area contributed by atoms with Crippen molar-refractivity contribution in [3.8, 4) is 11.5 Å². The summed E-state index contributed by atoms with van der Waals surface area (Å²) < 4.78 is 14.9. The van der Waals surface area contributed by atoms with Crippen LogP contribution in [0.3, 0.4) is 0 Å². The van der Waals surface area contributed by atoms with Crippen LogP contribution in [0.15, 0.2) is 26.1 Å². The molecule has 1 heterocycles. The summed E-state index contributed by atoms with van der Waals surface area (Å²) in [7, 11) is 2.91. The van der Waals surface area contributed by atoms with Gasteiger partial charge in [0, 0.05) is 12.1 Å². The first-order valence-electron chi connectivity index (χ1n) is 4.45. The Balaban J connectivity index is 2.88. The normalized spacial score (nSPS) is 10.4. The first-order valence-corrected chi connectivity index (χ1v) is 4.45. The molecule has 1 aromatic heterocycles. The van der Waals surface area contributed by atoms with Crippen LogP contribution in [-0.2, 0) is 0 Å². The van der Waals surface area contributed by atoms with E-state index < -0.39 is 11.3 Å². The number of aromatic amines is 1. The lowest BCUT2D eigenvalue weighted by Gasteiger charge is -2.07. The lowest BCUT2D eigenvalue weighted by molar-refractivity contribution is 0.354. The molecular weight excluding hydrogens is 214 g/mol. The van der Waals surface area contributed by atoms with Gasteiger partial charge in [0.05, 0.1) is 19.6 Å². The molecule has 2 aromatic rings. The van der Waals surface area contributed by atoms with E-state index in [-0.39, 0.29) is 11.0 Å². The van der Waals surface area contributed by atoms with Crippen LogP contribution in [-0.4, -0.2) is 19.2 Å². The fourth-order valence-corrected chi connectivity index (χ4v) is 1.41. The van der Waals surface area contributed by atoms with E-state index in [1.54, 1.807) is 0 Å². The van der Waals surface area contributed by atoms with Gasteiger partial charge in [-0.05, 0) is 0 Å². The van der Waals surface area contributed by atoms with Gasteiger partial charge in [-0.3, -0.25) is 9.78 Å². The zero-order valence-electron chi connectivity index (χ0n) is 8.70. The highest BCUT2D eigenvalue weighted by Gasteiger charge is 2.10. The Morgan fingerprint density at radius 2 is 1.75 bits per heavy atom. The molecule has 0 saturated heterocycles. The Hall–Kier alpha value is -2.24. The average molecular weight is 223 g/mol. The van der Waals surface area contributed by atoms with E-state index in [9.17, 15) is 9.59 Å². The van der Waals surface area contributed by atoms with Crippen molar-refractivity contribution in [2.24, 2.45) is 0 Å². The summed E-state index contributed by atoms with van der Waals surface area (Å²) in [5, 5.41) is 0.234. The number of H-pyrrole nitrogens is 1. The third kappa shape index (κ3) is 1.54. The summed E-state index contributed by atoms with van der Waals surface area (Å²) in [5.41, 5.74) is -0.362. The number of hydrogen-bond donors (Lipinski definition) is 1. The molecular formula is C10H9NO5. The van der Waals surface area contributed by atoms with E-state index >= 15 is 0 Å². The minimum atomic E-state index is -0.801. The molecule has 1 N–H and O–H groups in total. The molecule has 0 spiro atoms. The van der Waals surface area contributed by atoms with Gasteiger partial charge in [0.1, 0.15) is 5.58 Å². The van der Waals surface area contributed by atoms with Gasteiger partial charge in [0.25, 0.3) is 5.56 Å². The summed E-state index contributed by atoms with van der Waals surface area (Å²) in [5.74, 6) is -0.0113. The SMILES string of the molecule is COc1cc2oc(=O)[nH]c(=O)c2cc1OC. The minimum Gasteiger partial charge on any atom is -0.493 e. The Kier molecular flexibility index (Phi) is 2.40. The molecule has 2 rings (SSSR count). The summed E-state index contributed by atoms with van der Waals surface area (Å²) in [6, 6.07) is 2.89. The van der Waals surface area contributed by atoms with Crippen molar-refractivity contribution < 1.29 is 13.9 Å². The summed E-state index contributed by atoms with van der Waals surface area (Å²) >= 11 is 0. The molecule has 0 aliphatic carbocycles. The van der Waals surface area contributed by atoms with E-state index in [1.807, 2.05) is 4.98 Å². The third-order valence-corrected chi connectivity index (χ3v) is 2.15. The standard InChI is InChI=1S/C10H9NO5/c1-14-7-3-5-6(4-8(7)15-2)16-10(13)11-9(5)12/h3-4H,1-2H3,(H,11,12,13). The van der Waals surface area contributed by atoms with Crippen molar-refractivity contribution in [3.05, 3.63) is 33.0 Å². The molecule has 0 unspecified atom stereocenters. The summed E-state index contributed by atoms with van der Waals surface area (Å²) in [6.45, 7) is 0. The molecule has 0 saturated carbocycles. The minimum absolute atomic E-state index is 0.159. The fraction of sp³-hybridized carbons (Fsp3) is 0.200. The second-order valence-electron chi connectivity index (χ2n) is 3.05. The number of methoxy groups -OCH3 is 2. The molecule has 1 aromatic carbocycles. The first-order chi connectivity index (χ1) is 7.65. The lowest BCUT2D eigenvalue weighted by Crippen LogP contribution is -2.18. The van der Waals surface area contributed by atoms with Crippen LogP contribution in [0.25, 0.3) is 11.0 Å². The molecule has 0 amide bonds. The van der Waals surface area contributed by atoms with Crippen LogP contribution in [0, 0.1) is 0 Å². The second kappa shape index (κ2) is 3.73. The first kappa shape index (κ1) is 10.3. The van der Waals surface area contributed by atoms with Gasteiger partial charge >= 0.3 is 5.76 Å². The molecule has 16 heavy (non-hydrogen) atoms. The molecule has 0 aliphatic heterocycles. The van der Waals surface area contributed by atoms with Crippen LogP contribution in [0.5, 0.6) is 11.5 Å². The smallest absolute Gasteiger partial charge is 0.419 e. The molecule has 84 valence electrons. The zero-order valence-corrected chi connectivity index (χ0v) is 8.70. The van der Waals surface area contributed by atoms with Gasteiger partial charge in [-0.15, -0.1) is 0 Å². The summed E-state index contributed by atoms with van der Waals surface area (Å²) in [6.07, 6.45) is 0. The molecule has 0 radical (unpaired) electrons. The van der Waals surface area contributed by atoms with E-state index in [1.165, 1.54) is 26.4 Å². The Morgan fingerprint density at radius 1 is 1.12 bits per heavy atom. The largest absolute Gasteiger partial charge is 0.493 e. The molecule has 0 atom stereocenters.